The molecule has 8 heteroatoms. The summed E-state index contributed by atoms with van der Waals surface area (Å²) in [6.45, 7) is 0. The molecule has 0 radical (unpaired) electrons. The van der Waals surface area contributed by atoms with Crippen LogP contribution >= 0.6 is 11.8 Å². The molecule has 0 fully saturated rings. The van der Waals surface area contributed by atoms with Gasteiger partial charge in [0.25, 0.3) is 5.56 Å². The molecule has 0 atom stereocenters. The van der Waals surface area contributed by atoms with Gasteiger partial charge in [-0.15, -0.1) is 0 Å². The predicted octanol–water partition coefficient (Wildman–Crippen LogP) is 2.48. The van der Waals surface area contributed by atoms with Crippen molar-refractivity contribution in [2.24, 2.45) is 0 Å². The van der Waals surface area contributed by atoms with Crippen molar-refractivity contribution < 1.29 is 13.2 Å². The zero-order chi connectivity index (χ0) is 13.9. The summed E-state index contributed by atoms with van der Waals surface area (Å²) in [4.78, 5) is 20.8. The number of H-pyrrole nitrogens is 1. The van der Waals surface area contributed by atoms with Crippen molar-refractivity contribution >= 4 is 11.8 Å². The number of hydrogen-bond acceptors (Lipinski definition) is 4. The van der Waals surface area contributed by atoms with E-state index < -0.39 is 17.4 Å². The Labute approximate surface area is 110 Å². The van der Waals surface area contributed by atoms with E-state index in [1.54, 1.807) is 24.4 Å². The molecule has 0 aliphatic carbocycles. The van der Waals surface area contributed by atoms with Crippen LogP contribution in [0.3, 0.4) is 0 Å². The summed E-state index contributed by atoms with van der Waals surface area (Å²) in [7, 11) is 0. The maximum atomic E-state index is 12.5. The molecule has 0 aliphatic rings. The van der Waals surface area contributed by atoms with E-state index in [-0.39, 0.29) is 5.16 Å². The number of hydrogen-bond donors (Lipinski definition) is 1. The first kappa shape index (κ1) is 13.6. The number of aromatic nitrogens is 3. The number of halogens is 3. The molecule has 2 rings (SSSR count). The van der Waals surface area contributed by atoms with Gasteiger partial charge in [0.15, 0.2) is 10.9 Å². The Morgan fingerprint density at radius 3 is 2.74 bits per heavy atom. The second-order valence-corrected chi connectivity index (χ2v) is 4.51. The lowest BCUT2D eigenvalue weighted by Crippen LogP contribution is -2.16. The minimum absolute atomic E-state index is 0.0783. The van der Waals surface area contributed by atoms with Crippen LogP contribution in [0.15, 0.2) is 40.4 Å². The molecule has 0 spiro atoms. The van der Waals surface area contributed by atoms with Gasteiger partial charge in [-0.2, -0.15) is 13.2 Å². The minimum atomic E-state index is -4.63. The van der Waals surface area contributed by atoms with Gasteiger partial charge in [-0.05, 0) is 12.1 Å². The van der Waals surface area contributed by atoms with E-state index in [2.05, 4.69) is 15.0 Å². The summed E-state index contributed by atoms with van der Waals surface area (Å²) in [6, 6.07) is 5.67. The Balaban J connectivity index is 2.17. The molecule has 4 nitrogen and oxygen atoms in total. The van der Waals surface area contributed by atoms with Crippen LogP contribution in [0, 0.1) is 0 Å². The number of rotatable bonds is 3. The van der Waals surface area contributed by atoms with Crippen molar-refractivity contribution in [1.29, 1.82) is 0 Å². The third-order valence-corrected chi connectivity index (χ3v) is 3.00. The fourth-order valence-electron chi connectivity index (χ4n) is 1.27. The number of pyridine rings is 1. The maximum absolute atomic E-state index is 12.5. The quantitative estimate of drug-likeness (QED) is 0.696. The van der Waals surface area contributed by atoms with Gasteiger partial charge in [-0.1, -0.05) is 17.8 Å². The molecule has 19 heavy (non-hydrogen) atoms. The minimum Gasteiger partial charge on any atom is -0.301 e. The Kier molecular flexibility index (Phi) is 3.89. The first-order valence-electron chi connectivity index (χ1n) is 5.16. The molecule has 0 bridgehead atoms. The fraction of sp³-hybridized carbons (Fsp3) is 0.182. The number of alkyl halides is 3. The van der Waals surface area contributed by atoms with E-state index in [0.717, 1.165) is 11.8 Å². The molecule has 0 saturated heterocycles. The summed E-state index contributed by atoms with van der Waals surface area (Å²) in [6.07, 6.45) is -3.05. The highest BCUT2D eigenvalue weighted by molar-refractivity contribution is 7.98. The molecule has 2 aromatic rings. The Morgan fingerprint density at radius 2 is 2.11 bits per heavy atom. The van der Waals surface area contributed by atoms with Gasteiger partial charge in [0.2, 0.25) is 0 Å². The third-order valence-electron chi connectivity index (χ3n) is 2.09. The highest BCUT2D eigenvalue weighted by atomic mass is 32.2. The van der Waals surface area contributed by atoms with E-state index in [9.17, 15) is 18.0 Å². The van der Waals surface area contributed by atoms with Gasteiger partial charge in [0, 0.05) is 18.0 Å². The number of nitrogens with zero attached hydrogens (tertiary/aromatic N) is 2. The maximum Gasteiger partial charge on any atom is 0.433 e. The van der Waals surface area contributed by atoms with Crippen molar-refractivity contribution in [3.63, 3.8) is 0 Å². The Bertz CT molecular complexity index is 613. The van der Waals surface area contributed by atoms with Gasteiger partial charge in [0.05, 0.1) is 5.69 Å². The molecule has 0 unspecified atom stereocenters. The smallest absolute Gasteiger partial charge is 0.301 e. The molecule has 0 aliphatic heterocycles. The number of aromatic amines is 1. The molecule has 0 saturated carbocycles. The first-order chi connectivity index (χ1) is 8.95. The lowest BCUT2D eigenvalue weighted by molar-refractivity contribution is -0.141. The molecule has 2 heterocycles. The monoisotopic (exact) mass is 287 g/mol. The molecule has 2 aromatic heterocycles. The van der Waals surface area contributed by atoms with Crippen molar-refractivity contribution in [2.75, 3.05) is 0 Å². The van der Waals surface area contributed by atoms with E-state index >= 15 is 0 Å². The van der Waals surface area contributed by atoms with Crippen LogP contribution in [0.5, 0.6) is 0 Å². The summed E-state index contributed by atoms with van der Waals surface area (Å²) in [5.41, 5.74) is -1.34. The largest absolute Gasteiger partial charge is 0.433 e. The summed E-state index contributed by atoms with van der Waals surface area (Å²) in [5.74, 6) is 0.324. The van der Waals surface area contributed by atoms with Crippen LogP contribution in [-0.2, 0) is 11.9 Å². The normalized spacial score (nSPS) is 11.5. The van der Waals surface area contributed by atoms with Gasteiger partial charge < -0.3 is 4.98 Å². The lowest BCUT2D eigenvalue weighted by atomic mass is 10.4. The van der Waals surface area contributed by atoms with Crippen molar-refractivity contribution in [2.45, 2.75) is 17.1 Å². The number of nitrogens with one attached hydrogen (secondary N) is 1. The Morgan fingerprint density at radius 1 is 1.32 bits per heavy atom. The SMILES string of the molecule is O=c1cc(C(F)(F)F)nc(SCc2ccccn2)[nH]1. The van der Waals surface area contributed by atoms with Crippen LogP contribution in [0.1, 0.15) is 11.4 Å². The van der Waals surface area contributed by atoms with Gasteiger partial charge in [0.1, 0.15) is 0 Å². The predicted molar refractivity (Wildman–Crippen MR) is 63.7 cm³/mol. The Hall–Kier alpha value is -1.83. The van der Waals surface area contributed by atoms with Crippen molar-refractivity contribution in [3.05, 3.63) is 52.2 Å². The van der Waals surface area contributed by atoms with Crippen LogP contribution in [0.2, 0.25) is 0 Å². The fourth-order valence-corrected chi connectivity index (χ4v) is 2.07. The molecule has 0 aromatic carbocycles. The van der Waals surface area contributed by atoms with Gasteiger partial charge >= 0.3 is 6.18 Å². The van der Waals surface area contributed by atoms with Crippen molar-refractivity contribution in [3.8, 4) is 0 Å². The van der Waals surface area contributed by atoms with E-state index in [0.29, 0.717) is 17.5 Å². The van der Waals surface area contributed by atoms with Gasteiger partial charge in [-0.25, -0.2) is 4.98 Å². The zero-order valence-electron chi connectivity index (χ0n) is 9.44. The average molecular weight is 287 g/mol. The molecule has 0 amide bonds. The highest BCUT2D eigenvalue weighted by Gasteiger charge is 2.33. The summed E-state index contributed by atoms with van der Waals surface area (Å²) >= 11 is 0.989. The first-order valence-corrected chi connectivity index (χ1v) is 6.15. The molecular formula is C11H8F3N3OS. The second kappa shape index (κ2) is 5.43. The molecule has 100 valence electrons. The highest BCUT2D eigenvalue weighted by Crippen LogP contribution is 2.28. The lowest BCUT2D eigenvalue weighted by Gasteiger charge is -2.06. The number of thioether (sulfide) groups is 1. The average Bonchev–Trinajstić information content (AvgIpc) is 2.36. The van der Waals surface area contributed by atoms with Crippen LogP contribution in [0.25, 0.3) is 0 Å². The van der Waals surface area contributed by atoms with Crippen molar-refractivity contribution in [1.82, 2.24) is 15.0 Å². The summed E-state index contributed by atoms with van der Waals surface area (Å²) < 4.78 is 37.4. The van der Waals surface area contributed by atoms with E-state index in [4.69, 9.17) is 0 Å². The van der Waals surface area contributed by atoms with E-state index in [1.165, 1.54) is 0 Å². The van der Waals surface area contributed by atoms with Crippen LogP contribution in [0.4, 0.5) is 13.2 Å². The van der Waals surface area contributed by atoms with Crippen LogP contribution < -0.4 is 5.56 Å². The zero-order valence-corrected chi connectivity index (χ0v) is 10.3. The molecule has 1 N–H and O–H groups in total. The topological polar surface area (TPSA) is 58.6 Å². The van der Waals surface area contributed by atoms with Crippen LogP contribution in [-0.4, -0.2) is 15.0 Å². The van der Waals surface area contributed by atoms with Gasteiger partial charge in [-0.3, -0.25) is 9.78 Å². The standard InChI is InChI=1S/C11H8F3N3OS/c12-11(13,14)8-5-9(18)17-10(16-8)19-6-7-3-1-2-4-15-7/h1-5H,6H2,(H,16,17,18). The molecular weight excluding hydrogens is 279 g/mol. The summed E-state index contributed by atoms with van der Waals surface area (Å²) in [5, 5.41) is -0.0783. The second-order valence-electron chi connectivity index (χ2n) is 3.54. The van der Waals surface area contributed by atoms with E-state index in [1.807, 2.05) is 0 Å². The third kappa shape index (κ3) is 3.82.